The van der Waals surface area contributed by atoms with Gasteiger partial charge in [0.1, 0.15) is 5.75 Å². The Morgan fingerprint density at radius 3 is 2.81 bits per heavy atom. The van der Waals surface area contributed by atoms with Crippen LogP contribution < -0.4 is 4.74 Å². The number of carbonyl (C=O) groups is 1. The molecular weight excluding hydrogens is 317 g/mol. The molecule has 0 aliphatic heterocycles. The topological polar surface area (TPSA) is 29.5 Å². The van der Waals surface area contributed by atoms with Gasteiger partial charge in [-0.05, 0) is 47.2 Å². The number of ether oxygens (including phenoxy) is 1. The summed E-state index contributed by atoms with van der Waals surface area (Å²) in [4.78, 5) is 12.9. The van der Waals surface area contributed by atoms with Crippen molar-refractivity contribution in [2.75, 3.05) is 20.7 Å². The van der Waals surface area contributed by atoms with E-state index in [0.29, 0.717) is 13.0 Å². The maximum Gasteiger partial charge on any atom is 0.222 e. The van der Waals surface area contributed by atoms with Crippen LogP contribution in [-0.4, -0.2) is 31.5 Å². The van der Waals surface area contributed by atoms with Gasteiger partial charge in [0.2, 0.25) is 5.91 Å². The summed E-state index contributed by atoms with van der Waals surface area (Å²) in [6.45, 7) is 0.583. The van der Waals surface area contributed by atoms with Crippen LogP contribution in [0.25, 0.3) is 0 Å². The quantitative estimate of drug-likeness (QED) is 0.612. The van der Waals surface area contributed by atoms with Crippen molar-refractivity contribution in [2.45, 2.75) is 12.8 Å². The molecule has 1 aromatic carbocycles. The minimum Gasteiger partial charge on any atom is -0.494 e. The highest BCUT2D eigenvalue weighted by molar-refractivity contribution is 14.1. The summed E-state index contributed by atoms with van der Waals surface area (Å²) < 4.78 is 6.69. The summed E-state index contributed by atoms with van der Waals surface area (Å²) in [5.74, 6) is 1.01. The Morgan fingerprint density at radius 2 is 2.19 bits per heavy atom. The van der Waals surface area contributed by atoms with Crippen LogP contribution in [0.1, 0.15) is 12.8 Å². The first-order chi connectivity index (χ1) is 7.59. The van der Waals surface area contributed by atoms with Crippen LogP contribution in [0.3, 0.4) is 0 Å². The fourth-order valence-electron chi connectivity index (χ4n) is 1.19. The number of carbonyl (C=O) groups excluding carboxylic acids is 1. The molecule has 1 amide bonds. The van der Waals surface area contributed by atoms with Crippen molar-refractivity contribution in [1.29, 1.82) is 0 Å². The van der Waals surface area contributed by atoms with Crippen molar-refractivity contribution >= 4 is 28.5 Å². The van der Waals surface area contributed by atoms with E-state index in [1.807, 2.05) is 24.3 Å². The Bertz CT molecular complexity index is 353. The SMILES string of the molecule is CN(C)C(=O)CCCOc1cccc(I)c1. The fraction of sp³-hybridized carbons (Fsp3) is 0.417. The zero-order valence-electron chi connectivity index (χ0n) is 9.57. The largest absolute Gasteiger partial charge is 0.494 e. The van der Waals surface area contributed by atoms with E-state index in [9.17, 15) is 4.79 Å². The summed E-state index contributed by atoms with van der Waals surface area (Å²) >= 11 is 2.24. The molecule has 0 N–H and O–H groups in total. The third-order valence-corrected chi connectivity index (χ3v) is 2.77. The van der Waals surface area contributed by atoms with Gasteiger partial charge in [0, 0.05) is 24.1 Å². The van der Waals surface area contributed by atoms with Gasteiger partial charge in [-0.1, -0.05) is 6.07 Å². The first-order valence-corrected chi connectivity index (χ1v) is 6.26. The molecule has 1 rings (SSSR count). The molecule has 4 heteroatoms. The monoisotopic (exact) mass is 333 g/mol. The zero-order chi connectivity index (χ0) is 12.0. The molecule has 0 unspecified atom stereocenters. The molecule has 0 aliphatic rings. The van der Waals surface area contributed by atoms with E-state index in [1.165, 1.54) is 0 Å². The fourth-order valence-corrected chi connectivity index (χ4v) is 1.71. The number of benzene rings is 1. The van der Waals surface area contributed by atoms with Crippen LogP contribution in [0.2, 0.25) is 0 Å². The highest BCUT2D eigenvalue weighted by Crippen LogP contribution is 2.15. The summed E-state index contributed by atoms with van der Waals surface area (Å²) in [6.07, 6.45) is 1.29. The molecule has 0 fully saturated rings. The standard InChI is InChI=1S/C12H16INO2/c1-14(2)12(15)7-4-8-16-11-6-3-5-10(13)9-11/h3,5-6,9H,4,7-8H2,1-2H3. The van der Waals surface area contributed by atoms with Gasteiger partial charge in [-0.15, -0.1) is 0 Å². The van der Waals surface area contributed by atoms with E-state index in [4.69, 9.17) is 4.74 Å². The molecule has 0 aliphatic carbocycles. The third-order valence-electron chi connectivity index (χ3n) is 2.10. The molecule has 0 heterocycles. The summed E-state index contributed by atoms with van der Waals surface area (Å²) in [6, 6.07) is 7.88. The zero-order valence-corrected chi connectivity index (χ0v) is 11.7. The van der Waals surface area contributed by atoms with Crippen molar-refractivity contribution in [2.24, 2.45) is 0 Å². The lowest BCUT2D eigenvalue weighted by molar-refractivity contribution is -0.128. The second kappa shape index (κ2) is 6.73. The third kappa shape index (κ3) is 4.83. The Labute approximate surface area is 110 Å². The summed E-state index contributed by atoms with van der Waals surface area (Å²) in [5.41, 5.74) is 0. The van der Waals surface area contributed by atoms with Crippen molar-refractivity contribution in [3.05, 3.63) is 27.8 Å². The molecule has 0 spiro atoms. The summed E-state index contributed by atoms with van der Waals surface area (Å²) in [5, 5.41) is 0. The van der Waals surface area contributed by atoms with Gasteiger partial charge in [-0.25, -0.2) is 0 Å². The molecule has 0 atom stereocenters. The molecule has 0 saturated heterocycles. The molecular formula is C12H16INO2. The number of hydrogen-bond donors (Lipinski definition) is 0. The van der Waals surface area contributed by atoms with E-state index in [-0.39, 0.29) is 5.91 Å². The van der Waals surface area contributed by atoms with Crippen molar-refractivity contribution in [3.8, 4) is 5.75 Å². The summed E-state index contributed by atoms with van der Waals surface area (Å²) in [7, 11) is 3.53. The van der Waals surface area contributed by atoms with Gasteiger partial charge >= 0.3 is 0 Å². The molecule has 88 valence electrons. The lowest BCUT2D eigenvalue weighted by Crippen LogP contribution is -2.21. The predicted molar refractivity (Wildman–Crippen MR) is 72.6 cm³/mol. The van der Waals surface area contributed by atoms with Gasteiger partial charge in [-0.3, -0.25) is 4.79 Å². The molecule has 0 bridgehead atoms. The average molecular weight is 333 g/mol. The maximum absolute atomic E-state index is 11.3. The Morgan fingerprint density at radius 1 is 1.44 bits per heavy atom. The lowest BCUT2D eigenvalue weighted by Gasteiger charge is -2.10. The Hall–Kier alpha value is -0.780. The van der Waals surface area contributed by atoms with E-state index in [0.717, 1.165) is 15.7 Å². The minimum absolute atomic E-state index is 0.145. The van der Waals surface area contributed by atoms with Gasteiger partial charge in [0.15, 0.2) is 0 Å². The molecule has 16 heavy (non-hydrogen) atoms. The van der Waals surface area contributed by atoms with Crippen molar-refractivity contribution in [3.63, 3.8) is 0 Å². The van der Waals surface area contributed by atoms with Crippen LogP contribution in [-0.2, 0) is 4.79 Å². The van der Waals surface area contributed by atoms with Gasteiger partial charge in [-0.2, -0.15) is 0 Å². The van der Waals surface area contributed by atoms with Crippen LogP contribution in [0, 0.1) is 3.57 Å². The minimum atomic E-state index is 0.145. The van der Waals surface area contributed by atoms with E-state index in [2.05, 4.69) is 22.6 Å². The highest BCUT2D eigenvalue weighted by atomic mass is 127. The van der Waals surface area contributed by atoms with Crippen molar-refractivity contribution < 1.29 is 9.53 Å². The maximum atomic E-state index is 11.3. The van der Waals surface area contributed by atoms with E-state index >= 15 is 0 Å². The number of halogens is 1. The molecule has 0 radical (unpaired) electrons. The van der Waals surface area contributed by atoms with E-state index in [1.54, 1.807) is 19.0 Å². The number of rotatable bonds is 5. The van der Waals surface area contributed by atoms with Crippen LogP contribution in [0.4, 0.5) is 0 Å². The number of hydrogen-bond acceptors (Lipinski definition) is 2. The molecule has 1 aromatic rings. The smallest absolute Gasteiger partial charge is 0.222 e. The molecule has 3 nitrogen and oxygen atoms in total. The van der Waals surface area contributed by atoms with Crippen LogP contribution >= 0.6 is 22.6 Å². The van der Waals surface area contributed by atoms with Crippen LogP contribution in [0.15, 0.2) is 24.3 Å². The first kappa shape index (κ1) is 13.3. The predicted octanol–water partition coefficient (Wildman–Crippen LogP) is 2.54. The average Bonchev–Trinajstić information content (AvgIpc) is 2.24. The van der Waals surface area contributed by atoms with E-state index < -0.39 is 0 Å². The van der Waals surface area contributed by atoms with Crippen molar-refractivity contribution in [1.82, 2.24) is 4.90 Å². The number of nitrogens with zero attached hydrogens (tertiary/aromatic N) is 1. The van der Waals surface area contributed by atoms with Crippen LogP contribution in [0.5, 0.6) is 5.75 Å². The van der Waals surface area contributed by atoms with Gasteiger partial charge in [0.25, 0.3) is 0 Å². The highest BCUT2D eigenvalue weighted by Gasteiger charge is 2.03. The molecule has 0 aromatic heterocycles. The Balaban J connectivity index is 2.23. The first-order valence-electron chi connectivity index (χ1n) is 5.18. The second-order valence-corrected chi connectivity index (χ2v) is 4.94. The van der Waals surface area contributed by atoms with Gasteiger partial charge in [0.05, 0.1) is 6.61 Å². The normalized spacial score (nSPS) is 9.94. The lowest BCUT2D eigenvalue weighted by atomic mass is 10.3. The number of amides is 1. The second-order valence-electron chi connectivity index (χ2n) is 3.70. The Kier molecular flexibility index (Phi) is 5.59. The van der Waals surface area contributed by atoms with Gasteiger partial charge < -0.3 is 9.64 Å². The molecule has 0 saturated carbocycles.